The summed E-state index contributed by atoms with van der Waals surface area (Å²) in [5.41, 5.74) is 5.14. The van der Waals surface area contributed by atoms with E-state index in [-0.39, 0.29) is 17.7 Å². The molecule has 1 aliphatic rings. The lowest BCUT2D eigenvalue weighted by Crippen LogP contribution is -2.48. The van der Waals surface area contributed by atoms with Crippen molar-refractivity contribution < 1.29 is 14.0 Å². The Morgan fingerprint density at radius 2 is 1.60 bits per heavy atom. The molecule has 6 nitrogen and oxygen atoms in total. The third kappa shape index (κ3) is 4.71. The van der Waals surface area contributed by atoms with Crippen molar-refractivity contribution in [3.8, 4) is 0 Å². The van der Waals surface area contributed by atoms with Gasteiger partial charge in [0.25, 0.3) is 5.91 Å². The van der Waals surface area contributed by atoms with Crippen LogP contribution in [0.25, 0.3) is 0 Å². The smallest absolute Gasteiger partial charge is 0.289 e. The number of para-hydroxylation sites is 1. The molecule has 4 rings (SSSR count). The van der Waals surface area contributed by atoms with Crippen molar-refractivity contribution in [1.82, 2.24) is 10.3 Å². The number of benzene rings is 2. The summed E-state index contributed by atoms with van der Waals surface area (Å²) in [5, 5.41) is 1.89. The van der Waals surface area contributed by atoms with E-state index in [1.807, 2.05) is 65.7 Å². The van der Waals surface area contributed by atoms with Gasteiger partial charge in [-0.05, 0) is 42.7 Å². The Morgan fingerprint density at radius 1 is 0.933 bits per heavy atom. The van der Waals surface area contributed by atoms with Crippen molar-refractivity contribution in [2.24, 2.45) is 5.92 Å². The maximum absolute atomic E-state index is 13.0. The van der Waals surface area contributed by atoms with E-state index in [9.17, 15) is 9.59 Å². The highest BCUT2D eigenvalue weighted by Gasteiger charge is 2.29. The number of rotatable bonds is 6. The van der Waals surface area contributed by atoms with Crippen LogP contribution < -0.4 is 10.4 Å². The van der Waals surface area contributed by atoms with Crippen LogP contribution in [0.4, 0.5) is 5.69 Å². The first-order valence-electron chi connectivity index (χ1n) is 10.2. The molecule has 1 aromatic heterocycles. The van der Waals surface area contributed by atoms with Gasteiger partial charge in [0.2, 0.25) is 5.91 Å². The first kappa shape index (κ1) is 19.8. The third-order valence-electron chi connectivity index (χ3n) is 5.38. The Morgan fingerprint density at radius 3 is 2.23 bits per heavy atom. The van der Waals surface area contributed by atoms with Crippen LogP contribution >= 0.6 is 0 Å². The fourth-order valence-electron chi connectivity index (χ4n) is 3.69. The maximum Gasteiger partial charge on any atom is 0.289 e. The maximum atomic E-state index is 13.0. The van der Waals surface area contributed by atoms with Crippen LogP contribution in [-0.4, -0.2) is 29.8 Å². The number of amides is 2. The number of nitrogens with one attached hydrogen (secondary N) is 1. The molecule has 0 radical (unpaired) electrons. The van der Waals surface area contributed by atoms with Gasteiger partial charge >= 0.3 is 0 Å². The topological polar surface area (TPSA) is 65.8 Å². The molecule has 154 valence electrons. The van der Waals surface area contributed by atoms with Crippen LogP contribution in [0, 0.1) is 5.92 Å². The van der Waals surface area contributed by atoms with Gasteiger partial charge in [0.05, 0.1) is 18.5 Å². The van der Waals surface area contributed by atoms with Crippen molar-refractivity contribution in [3.63, 3.8) is 0 Å². The highest BCUT2D eigenvalue weighted by atomic mass is 16.3. The lowest BCUT2D eigenvalue weighted by molar-refractivity contribution is -0.126. The van der Waals surface area contributed by atoms with Crippen LogP contribution in [0.2, 0.25) is 0 Å². The number of hydrogen-bond acceptors (Lipinski definition) is 4. The van der Waals surface area contributed by atoms with Gasteiger partial charge in [-0.1, -0.05) is 48.5 Å². The molecule has 2 heterocycles. The highest BCUT2D eigenvalue weighted by Crippen LogP contribution is 2.21. The number of likely N-dealkylation sites (tertiary alicyclic amines) is 1. The Balaban J connectivity index is 1.39. The quantitative estimate of drug-likeness (QED) is 0.635. The average molecular weight is 403 g/mol. The highest BCUT2D eigenvalue weighted by molar-refractivity contribution is 5.91. The van der Waals surface area contributed by atoms with Crippen LogP contribution in [-0.2, 0) is 11.3 Å². The van der Waals surface area contributed by atoms with Gasteiger partial charge < -0.3 is 9.32 Å². The standard InChI is InChI=1S/C24H25N3O3/c28-23(20-13-15-26(16-14-20)24(29)22-12-7-17-30-22)25-27(21-10-5-2-6-11-21)18-19-8-3-1-4-9-19/h1-12,17,20H,13-16,18H2,(H,25,28). The zero-order chi connectivity index (χ0) is 20.8. The number of carbonyl (C=O) groups is 2. The van der Waals surface area contributed by atoms with E-state index >= 15 is 0 Å². The van der Waals surface area contributed by atoms with E-state index in [0.29, 0.717) is 38.2 Å². The lowest BCUT2D eigenvalue weighted by Gasteiger charge is -2.33. The summed E-state index contributed by atoms with van der Waals surface area (Å²) < 4.78 is 5.20. The predicted octanol–water partition coefficient (Wildman–Crippen LogP) is 3.87. The van der Waals surface area contributed by atoms with Crippen molar-refractivity contribution in [3.05, 3.63) is 90.4 Å². The van der Waals surface area contributed by atoms with E-state index in [1.165, 1.54) is 6.26 Å². The summed E-state index contributed by atoms with van der Waals surface area (Å²) in [4.78, 5) is 27.2. The van der Waals surface area contributed by atoms with Crippen LogP contribution in [0.5, 0.6) is 0 Å². The largest absolute Gasteiger partial charge is 0.459 e. The number of nitrogens with zero attached hydrogens (tertiary/aromatic N) is 2. The number of furan rings is 1. The average Bonchev–Trinajstić information content (AvgIpc) is 3.34. The molecule has 0 aliphatic carbocycles. The second kappa shape index (κ2) is 9.31. The minimum absolute atomic E-state index is 0.0140. The number of carbonyl (C=O) groups excluding carboxylic acids is 2. The molecule has 2 aromatic carbocycles. The second-order valence-electron chi connectivity index (χ2n) is 7.43. The van der Waals surface area contributed by atoms with Crippen molar-refractivity contribution in [1.29, 1.82) is 0 Å². The van der Waals surface area contributed by atoms with Gasteiger partial charge in [-0.15, -0.1) is 0 Å². The van der Waals surface area contributed by atoms with Gasteiger partial charge in [-0.25, -0.2) is 0 Å². The Bertz CT molecular complexity index is 950. The second-order valence-corrected chi connectivity index (χ2v) is 7.43. The summed E-state index contributed by atoms with van der Waals surface area (Å²) in [6.45, 7) is 1.66. The molecule has 0 bridgehead atoms. The fraction of sp³-hybridized carbons (Fsp3) is 0.250. The number of hydrogen-bond donors (Lipinski definition) is 1. The normalized spacial score (nSPS) is 14.3. The fourth-order valence-corrected chi connectivity index (χ4v) is 3.69. The molecular weight excluding hydrogens is 378 g/mol. The SMILES string of the molecule is O=C(NN(Cc1ccccc1)c1ccccc1)C1CCN(C(=O)c2ccco2)CC1. The van der Waals surface area contributed by atoms with E-state index < -0.39 is 0 Å². The first-order chi connectivity index (χ1) is 14.7. The zero-order valence-corrected chi connectivity index (χ0v) is 16.7. The van der Waals surface area contributed by atoms with E-state index in [0.717, 1.165) is 11.3 Å². The zero-order valence-electron chi connectivity index (χ0n) is 16.7. The summed E-state index contributed by atoms with van der Waals surface area (Å²) in [5.74, 6) is 0.0809. The number of hydrazine groups is 1. The Kier molecular flexibility index (Phi) is 6.13. The van der Waals surface area contributed by atoms with Crippen molar-refractivity contribution in [2.75, 3.05) is 18.1 Å². The van der Waals surface area contributed by atoms with Gasteiger partial charge in [0.15, 0.2) is 5.76 Å². The van der Waals surface area contributed by atoms with Crippen molar-refractivity contribution >= 4 is 17.5 Å². The Labute approximate surface area is 176 Å². The minimum Gasteiger partial charge on any atom is -0.459 e. The molecule has 1 saturated heterocycles. The third-order valence-corrected chi connectivity index (χ3v) is 5.38. The van der Waals surface area contributed by atoms with Gasteiger partial charge in [0.1, 0.15) is 0 Å². The first-order valence-corrected chi connectivity index (χ1v) is 10.2. The summed E-state index contributed by atoms with van der Waals surface area (Å²) in [6, 6.07) is 23.3. The number of anilines is 1. The molecule has 1 N–H and O–H groups in total. The molecule has 0 unspecified atom stereocenters. The molecule has 0 spiro atoms. The monoisotopic (exact) mass is 403 g/mol. The van der Waals surface area contributed by atoms with Crippen LogP contribution in [0.15, 0.2) is 83.5 Å². The van der Waals surface area contributed by atoms with Crippen LogP contribution in [0.3, 0.4) is 0 Å². The van der Waals surface area contributed by atoms with Gasteiger partial charge in [-0.2, -0.15) is 0 Å². The molecule has 1 aliphatic heterocycles. The number of piperidine rings is 1. The van der Waals surface area contributed by atoms with Crippen LogP contribution in [0.1, 0.15) is 29.0 Å². The summed E-state index contributed by atoms with van der Waals surface area (Å²) in [6.07, 6.45) is 2.76. The van der Waals surface area contributed by atoms with Crippen molar-refractivity contribution in [2.45, 2.75) is 19.4 Å². The molecule has 6 heteroatoms. The van der Waals surface area contributed by atoms with E-state index in [4.69, 9.17) is 4.42 Å². The molecule has 3 aromatic rings. The minimum atomic E-state index is -0.132. The lowest BCUT2D eigenvalue weighted by atomic mass is 9.96. The summed E-state index contributed by atoms with van der Waals surface area (Å²) >= 11 is 0. The van der Waals surface area contributed by atoms with Gasteiger partial charge in [0, 0.05) is 19.0 Å². The molecule has 2 amide bonds. The molecular formula is C24H25N3O3. The predicted molar refractivity (Wildman–Crippen MR) is 115 cm³/mol. The molecule has 0 saturated carbocycles. The van der Waals surface area contributed by atoms with E-state index in [2.05, 4.69) is 5.43 Å². The molecule has 1 fully saturated rings. The molecule has 0 atom stereocenters. The van der Waals surface area contributed by atoms with E-state index in [1.54, 1.807) is 17.0 Å². The summed E-state index contributed by atoms with van der Waals surface area (Å²) in [7, 11) is 0. The molecule has 30 heavy (non-hydrogen) atoms. The van der Waals surface area contributed by atoms with Gasteiger partial charge in [-0.3, -0.25) is 20.0 Å². The Hall–Kier alpha value is -3.54.